The van der Waals surface area contributed by atoms with Crippen molar-refractivity contribution in [2.24, 2.45) is 5.92 Å². The van der Waals surface area contributed by atoms with E-state index in [0.717, 1.165) is 55.2 Å². The van der Waals surface area contributed by atoms with Crippen LogP contribution in [0.5, 0.6) is 11.5 Å². The standard InChI is InChI=1S/C22H25NO3S/c1-25-19-14-16-10-12-23(22(24)15-8-9-15)13-11-18(16)21(20(19)26-2)27-17-6-4-3-5-7-17/h3-7,14-15H,8-13H2,1-2H3. The second-order valence-corrected chi connectivity index (χ2v) is 8.18. The molecule has 1 saturated carbocycles. The van der Waals surface area contributed by atoms with E-state index in [1.54, 1.807) is 26.0 Å². The molecular formula is C22H25NO3S. The minimum absolute atomic E-state index is 0.272. The maximum atomic E-state index is 12.6. The second kappa shape index (κ2) is 7.85. The lowest BCUT2D eigenvalue weighted by Gasteiger charge is -2.20. The Balaban J connectivity index is 1.70. The molecule has 4 nitrogen and oxygen atoms in total. The first kappa shape index (κ1) is 18.2. The first-order valence-electron chi connectivity index (χ1n) is 9.49. The van der Waals surface area contributed by atoms with Crippen molar-refractivity contribution >= 4 is 17.7 Å². The molecule has 1 fully saturated rings. The van der Waals surface area contributed by atoms with E-state index in [9.17, 15) is 4.79 Å². The first-order chi connectivity index (χ1) is 13.2. The van der Waals surface area contributed by atoms with Gasteiger partial charge in [0.25, 0.3) is 0 Å². The van der Waals surface area contributed by atoms with Crippen LogP contribution < -0.4 is 9.47 Å². The van der Waals surface area contributed by atoms with Gasteiger partial charge in [0.1, 0.15) is 0 Å². The van der Waals surface area contributed by atoms with Crippen molar-refractivity contribution in [3.8, 4) is 11.5 Å². The SMILES string of the molecule is COc1cc2c(c(Sc3ccccc3)c1OC)CCN(C(=O)C1CC1)CC2. The zero-order valence-electron chi connectivity index (χ0n) is 15.9. The molecule has 27 heavy (non-hydrogen) atoms. The van der Waals surface area contributed by atoms with Crippen LogP contribution in [0.25, 0.3) is 0 Å². The van der Waals surface area contributed by atoms with Gasteiger partial charge in [-0.3, -0.25) is 4.79 Å². The number of hydrogen-bond donors (Lipinski definition) is 0. The zero-order chi connectivity index (χ0) is 18.8. The van der Waals surface area contributed by atoms with E-state index >= 15 is 0 Å². The van der Waals surface area contributed by atoms with E-state index in [1.165, 1.54) is 16.0 Å². The summed E-state index contributed by atoms with van der Waals surface area (Å²) in [4.78, 5) is 16.9. The largest absolute Gasteiger partial charge is 0.493 e. The average Bonchev–Trinajstić information content (AvgIpc) is 3.55. The van der Waals surface area contributed by atoms with Crippen LogP contribution in [-0.4, -0.2) is 38.1 Å². The number of amides is 1. The summed E-state index contributed by atoms with van der Waals surface area (Å²) in [6.45, 7) is 1.56. The van der Waals surface area contributed by atoms with E-state index in [-0.39, 0.29) is 5.92 Å². The topological polar surface area (TPSA) is 38.8 Å². The number of carbonyl (C=O) groups excluding carboxylic acids is 1. The molecule has 2 aromatic rings. The van der Waals surface area contributed by atoms with Gasteiger partial charge in [-0.05, 0) is 55.0 Å². The van der Waals surface area contributed by atoms with E-state index in [0.29, 0.717) is 5.91 Å². The number of fused-ring (bicyclic) bond motifs is 1. The fourth-order valence-corrected chi connectivity index (χ4v) is 4.85. The van der Waals surface area contributed by atoms with Crippen LogP contribution in [0.4, 0.5) is 0 Å². The molecule has 4 rings (SSSR count). The van der Waals surface area contributed by atoms with Gasteiger partial charge in [0.2, 0.25) is 5.91 Å². The molecule has 1 aliphatic heterocycles. The van der Waals surface area contributed by atoms with Gasteiger partial charge in [0, 0.05) is 23.9 Å². The molecule has 0 N–H and O–H groups in total. The van der Waals surface area contributed by atoms with Crippen LogP contribution in [0.2, 0.25) is 0 Å². The van der Waals surface area contributed by atoms with Crippen molar-refractivity contribution in [3.63, 3.8) is 0 Å². The van der Waals surface area contributed by atoms with Crippen LogP contribution in [0.1, 0.15) is 24.0 Å². The molecule has 0 saturated heterocycles. The smallest absolute Gasteiger partial charge is 0.225 e. The van der Waals surface area contributed by atoms with Gasteiger partial charge in [0.05, 0.1) is 19.1 Å². The Labute approximate surface area is 164 Å². The van der Waals surface area contributed by atoms with Gasteiger partial charge in [-0.2, -0.15) is 0 Å². The number of ether oxygens (including phenoxy) is 2. The lowest BCUT2D eigenvalue weighted by molar-refractivity contribution is -0.132. The van der Waals surface area contributed by atoms with Crippen molar-refractivity contribution in [3.05, 3.63) is 47.5 Å². The van der Waals surface area contributed by atoms with E-state index in [2.05, 4.69) is 18.2 Å². The molecular weight excluding hydrogens is 358 g/mol. The maximum Gasteiger partial charge on any atom is 0.225 e. The fourth-order valence-electron chi connectivity index (χ4n) is 3.68. The maximum absolute atomic E-state index is 12.6. The highest BCUT2D eigenvalue weighted by Crippen LogP contribution is 2.46. The third-order valence-electron chi connectivity index (χ3n) is 5.31. The van der Waals surface area contributed by atoms with Crippen LogP contribution in [0.3, 0.4) is 0 Å². The summed E-state index contributed by atoms with van der Waals surface area (Å²) in [5.74, 6) is 2.15. The number of hydrogen-bond acceptors (Lipinski definition) is 4. The van der Waals surface area contributed by atoms with E-state index in [4.69, 9.17) is 9.47 Å². The second-order valence-electron chi connectivity index (χ2n) is 7.09. The molecule has 0 unspecified atom stereocenters. The summed E-state index contributed by atoms with van der Waals surface area (Å²) < 4.78 is 11.4. The summed E-state index contributed by atoms with van der Waals surface area (Å²) in [6, 6.07) is 12.4. The molecule has 1 heterocycles. The predicted octanol–water partition coefficient (Wildman–Crippen LogP) is 4.19. The molecule has 2 aromatic carbocycles. The Morgan fingerprint density at radius 1 is 1.07 bits per heavy atom. The molecule has 2 aliphatic rings. The quantitative estimate of drug-likeness (QED) is 0.776. The molecule has 0 aromatic heterocycles. The summed E-state index contributed by atoms with van der Waals surface area (Å²) in [5, 5.41) is 0. The highest BCUT2D eigenvalue weighted by atomic mass is 32.2. The fraction of sp³-hybridized carbons (Fsp3) is 0.409. The lowest BCUT2D eigenvalue weighted by Crippen LogP contribution is -2.34. The van der Waals surface area contributed by atoms with E-state index in [1.807, 2.05) is 23.1 Å². The average molecular weight is 384 g/mol. The zero-order valence-corrected chi connectivity index (χ0v) is 16.7. The van der Waals surface area contributed by atoms with Gasteiger partial charge in [0.15, 0.2) is 11.5 Å². The molecule has 1 amide bonds. The van der Waals surface area contributed by atoms with Crippen molar-refractivity contribution in [1.82, 2.24) is 4.90 Å². The molecule has 0 radical (unpaired) electrons. The van der Waals surface area contributed by atoms with Crippen molar-refractivity contribution < 1.29 is 14.3 Å². The van der Waals surface area contributed by atoms with Gasteiger partial charge in [-0.15, -0.1) is 0 Å². The molecule has 0 atom stereocenters. The number of methoxy groups -OCH3 is 2. The predicted molar refractivity (Wildman–Crippen MR) is 107 cm³/mol. The number of carbonyl (C=O) groups is 1. The monoisotopic (exact) mass is 383 g/mol. The Morgan fingerprint density at radius 2 is 1.81 bits per heavy atom. The minimum atomic E-state index is 0.272. The van der Waals surface area contributed by atoms with Crippen LogP contribution in [0.15, 0.2) is 46.2 Å². The number of nitrogens with zero attached hydrogens (tertiary/aromatic N) is 1. The van der Waals surface area contributed by atoms with Gasteiger partial charge in [-0.1, -0.05) is 30.0 Å². The number of rotatable bonds is 5. The van der Waals surface area contributed by atoms with Crippen LogP contribution >= 0.6 is 11.8 Å². The van der Waals surface area contributed by atoms with Crippen molar-refractivity contribution in [2.75, 3.05) is 27.3 Å². The Hall–Kier alpha value is -2.14. The van der Waals surface area contributed by atoms with Crippen LogP contribution in [0, 0.1) is 5.92 Å². The summed E-state index contributed by atoms with van der Waals surface area (Å²) in [7, 11) is 3.37. The molecule has 5 heteroatoms. The third kappa shape index (κ3) is 3.79. The first-order valence-corrected chi connectivity index (χ1v) is 10.3. The minimum Gasteiger partial charge on any atom is -0.493 e. The highest BCUT2D eigenvalue weighted by molar-refractivity contribution is 7.99. The van der Waals surface area contributed by atoms with Gasteiger partial charge in [-0.25, -0.2) is 0 Å². The Morgan fingerprint density at radius 3 is 2.48 bits per heavy atom. The Kier molecular flexibility index (Phi) is 5.30. The van der Waals surface area contributed by atoms with Crippen LogP contribution in [-0.2, 0) is 17.6 Å². The lowest BCUT2D eigenvalue weighted by atomic mass is 10.0. The normalized spacial score (nSPS) is 16.4. The van der Waals surface area contributed by atoms with Crippen molar-refractivity contribution in [2.45, 2.75) is 35.5 Å². The number of benzene rings is 2. The Bertz CT molecular complexity index is 833. The van der Waals surface area contributed by atoms with Gasteiger partial charge < -0.3 is 14.4 Å². The molecule has 1 aliphatic carbocycles. The summed E-state index contributed by atoms with van der Waals surface area (Å²) in [6.07, 6.45) is 3.82. The highest BCUT2D eigenvalue weighted by Gasteiger charge is 2.34. The van der Waals surface area contributed by atoms with Crippen molar-refractivity contribution in [1.29, 1.82) is 0 Å². The molecule has 0 bridgehead atoms. The van der Waals surface area contributed by atoms with Gasteiger partial charge >= 0.3 is 0 Å². The van der Waals surface area contributed by atoms with E-state index < -0.39 is 0 Å². The summed E-state index contributed by atoms with van der Waals surface area (Å²) in [5.41, 5.74) is 2.55. The third-order valence-corrected chi connectivity index (χ3v) is 6.45. The molecule has 142 valence electrons. The summed E-state index contributed by atoms with van der Waals surface area (Å²) >= 11 is 1.71. The molecule has 0 spiro atoms.